The van der Waals surface area contributed by atoms with Crippen molar-refractivity contribution in [1.82, 2.24) is 24.8 Å². The Morgan fingerprint density at radius 2 is 1.76 bits per heavy atom. The number of nitrogens with one attached hydrogen (secondary N) is 2. The van der Waals surface area contributed by atoms with Crippen molar-refractivity contribution in [3.8, 4) is 16.9 Å². The van der Waals surface area contributed by atoms with E-state index in [1.54, 1.807) is 25.3 Å². The molecule has 0 fully saturated rings. The third-order valence-electron chi connectivity index (χ3n) is 8.47. The molecule has 0 saturated carbocycles. The lowest BCUT2D eigenvalue weighted by molar-refractivity contribution is -0.138. The van der Waals surface area contributed by atoms with Gasteiger partial charge in [0.2, 0.25) is 5.95 Å². The monoisotopic (exact) mass is 764 g/mol. The van der Waals surface area contributed by atoms with Gasteiger partial charge in [0.05, 0.1) is 34.2 Å². The van der Waals surface area contributed by atoms with Gasteiger partial charge in [-0.15, -0.1) is 0 Å². The number of alkyl halides is 3. The third kappa shape index (κ3) is 6.88. The van der Waals surface area contributed by atoms with Gasteiger partial charge < -0.3 is 15.5 Å². The fourth-order valence-electron chi connectivity index (χ4n) is 5.91. The first kappa shape index (κ1) is 34.8. The first-order chi connectivity index (χ1) is 23.9. The number of hydrogen-bond donors (Lipinski definition) is 2. The zero-order valence-corrected chi connectivity index (χ0v) is 29.0. The molecule has 6 rings (SSSR count). The minimum Gasteiger partial charge on any atom is -0.355 e. The van der Waals surface area contributed by atoms with Crippen LogP contribution in [0.4, 0.5) is 19.1 Å². The van der Waals surface area contributed by atoms with Crippen molar-refractivity contribution in [2.45, 2.75) is 38.7 Å². The molecule has 5 aromatic rings. The van der Waals surface area contributed by atoms with Gasteiger partial charge in [-0.25, -0.2) is 9.55 Å². The van der Waals surface area contributed by atoms with E-state index in [0.29, 0.717) is 16.8 Å². The number of carbonyl (C=O) groups is 2. The summed E-state index contributed by atoms with van der Waals surface area (Å²) in [6, 6.07) is 20.5. The van der Waals surface area contributed by atoms with Crippen molar-refractivity contribution in [1.29, 1.82) is 0 Å². The van der Waals surface area contributed by atoms with Gasteiger partial charge in [0, 0.05) is 52.6 Å². The second-order valence-corrected chi connectivity index (χ2v) is 12.9. The summed E-state index contributed by atoms with van der Waals surface area (Å²) >= 11 is 9.62. The molecule has 256 valence electrons. The molecular formula is C36H29BrClF3N6O3. The number of aromatic nitrogens is 3. The van der Waals surface area contributed by atoms with Crippen LogP contribution in [0.2, 0.25) is 5.02 Å². The summed E-state index contributed by atoms with van der Waals surface area (Å²) in [6.45, 7) is 1.81. The summed E-state index contributed by atoms with van der Waals surface area (Å²) < 4.78 is 42.1. The maximum Gasteiger partial charge on any atom is 0.417 e. The number of anilines is 1. The van der Waals surface area contributed by atoms with Crippen molar-refractivity contribution < 1.29 is 22.8 Å². The van der Waals surface area contributed by atoms with Crippen LogP contribution in [0, 0.1) is 0 Å². The Kier molecular flexibility index (Phi) is 9.81. The Balaban J connectivity index is 1.42. The molecule has 1 atom stereocenters. The smallest absolute Gasteiger partial charge is 0.355 e. The van der Waals surface area contributed by atoms with Crippen molar-refractivity contribution >= 4 is 45.3 Å². The van der Waals surface area contributed by atoms with Crippen molar-refractivity contribution in [3.05, 3.63) is 138 Å². The number of hydrogen-bond acceptors (Lipinski definition) is 6. The lowest BCUT2D eigenvalue weighted by atomic mass is 9.98. The first-order valence-corrected chi connectivity index (χ1v) is 16.6. The number of halogens is 5. The Morgan fingerprint density at radius 3 is 2.46 bits per heavy atom. The summed E-state index contributed by atoms with van der Waals surface area (Å²) in [4.78, 5) is 51.0. The van der Waals surface area contributed by atoms with Crippen LogP contribution in [0.1, 0.15) is 50.0 Å². The van der Waals surface area contributed by atoms with Gasteiger partial charge in [0.25, 0.3) is 17.4 Å². The van der Waals surface area contributed by atoms with Gasteiger partial charge in [0.1, 0.15) is 0 Å². The van der Waals surface area contributed by atoms with Gasteiger partial charge in [-0.05, 0) is 67.4 Å². The zero-order chi connectivity index (χ0) is 35.7. The molecule has 0 spiro atoms. The van der Waals surface area contributed by atoms with Crippen LogP contribution >= 0.6 is 27.5 Å². The summed E-state index contributed by atoms with van der Waals surface area (Å²) in [7, 11) is 1.49. The highest BCUT2D eigenvalue weighted by atomic mass is 79.9. The molecule has 14 heteroatoms. The van der Waals surface area contributed by atoms with Crippen LogP contribution in [0.25, 0.3) is 16.9 Å². The predicted octanol–water partition coefficient (Wildman–Crippen LogP) is 7.29. The van der Waals surface area contributed by atoms with Crippen molar-refractivity contribution in [2.24, 2.45) is 0 Å². The van der Waals surface area contributed by atoms with Gasteiger partial charge in [-0.1, -0.05) is 57.9 Å². The normalized spacial score (nSPS) is 14.2. The summed E-state index contributed by atoms with van der Waals surface area (Å²) in [5.41, 5.74) is 2.12. The second-order valence-electron chi connectivity index (χ2n) is 11.7. The van der Waals surface area contributed by atoms with Crippen LogP contribution in [0.3, 0.4) is 0 Å². The molecule has 0 radical (unpaired) electrons. The van der Waals surface area contributed by atoms with E-state index in [1.807, 2.05) is 42.5 Å². The number of amides is 2. The van der Waals surface area contributed by atoms with Gasteiger partial charge in [0.15, 0.2) is 0 Å². The van der Waals surface area contributed by atoms with Gasteiger partial charge >= 0.3 is 6.18 Å². The number of carbonyl (C=O) groups excluding carboxylic acids is 2. The molecule has 3 aromatic carbocycles. The van der Waals surface area contributed by atoms with E-state index in [4.69, 9.17) is 16.6 Å². The molecule has 2 N–H and O–H groups in total. The largest absolute Gasteiger partial charge is 0.417 e. The molecule has 3 heterocycles. The topological polar surface area (TPSA) is 109 Å². The van der Waals surface area contributed by atoms with E-state index in [1.165, 1.54) is 34.7 Å². The maximum atomic E-state index is 14.3. The Hall–Kier alpha value is -5.01. The minimum atomic E-state index is -4.67. The molecule has 2 amide bonds. The molecule has 0 aliphatic carbocycles. The van der Waals surface area contributed by atoms with E-state index < -0.39 is 29.2 Å². The molecule has 0 saturated heterocycles. The molecule has 0 bridgehead atoms. The fourth-order valence-corrected chi connectivity index (χ4v) is 6.65. The zero-order valence-electron chi connectivity index (χ0n) is 26.7. The molecule has 2 aromatic heterocycles. The molecule has 1 aliphatic rings. The number of nitrogens with zero attached hydrogens (tertiary/aromatic N) is 4. The second kappa shape index (κ2) is 14.1. The van der Waals surface area contributed by atoms with Crippen LogP contribution < -0.4 is 16.2 Å². The number of fused-ring (bicyclic) bond motifs is 1. The molecule has 1 aliphatic heterocycles. The predicted molar refractivity (Wildman–Crippen MR) is 187 cm³/mol. The number of benzene rings is 3. The fraction of sp³-hybridized carbons (Fsp3) is 0.194. The van der Waals surface area contributed by atoms with Crippen LogP contribution in [0.5, 0.6) is 0 Å². The van der Waals surface area contributed by atoms with E-state index in [0.717, 1.165) is 22.9 Å². The Labute approximate surface area is 298 Å². The van der Waals surface area contributed by atoms with Gasteiger partial charge in [-0.3, -0.25) is 19.4 Å². The Bertz CT molecular complexity index is 2180. The van der Waals surface area contributed by atoms with E-state index in [2.05, 4.69) is 31.5 Å². The van der Waals surface area contributed by atoms with Crippen LogP contribution in [-0.4, -0.2) is 44.3 Å². The van der Waals surface area contributed by atoms with Crippen molar-refractivity contribution in [2.75, 3.05) is 12.4 Å². The third-order valence-corrected chi connectivity index (χ3v) is 9.46. The Morgan fingerprint density at radius 1 is 1.02 bits per heavy atom. The van der Waals surface area contributed by atoms with Crippen LogP contribution in [-0.2, 0) is 25.7 Å². The quantitative estimate of drug-likeness (QED) is 0.180. The molecular weight excluding hydrogens is 737 g/mol. The minimum absolute atomic E-state index is 0.0896. The first-order valence-electron chi connectivity index (χ1n) is 15.4. The average molecular weight is 766 g/mol. The van der Waals surface area contributed by atoms with Crippen molar-refractivity contribution in [3.63, 3.8) is 0 Å². The van der Waals surface area contributed by atoms with E-state index in [9.17, 15) is 27.6 Å². The summed E-state index contributed by atoms with van der Waals surface area (Å²) in [5.74, 6) is -0.867. The standard InChI is InChI=1S/C36H29BrClF3N6O3/c1-20-15-25-30(19-46(20)33(49)22-10-12-27(37)26(16-22)36(39,40)41)45-35(44-18-23-7-3-4-8-24(23)29-9-5-6-14-43-29)47(34(25)50)31-13-11-21(17-28(31)38)32(48)42-2/h3-14,16-17,20H,15,18-19H2,1-2H3,(H,42,48)(H,44,45)/t20-/m1/s1. The lowest BCUT2D eigenvalue weighted by Gasteiger charge is -2.35. The molecule has 0 unspecified atom stereocenters. The lowest BCUT2D eigenvalue weighted by Crippen LogP contribution is -2.46. The van der Waals surface area contributed by atoms with E-state index in [-0.39, 0.29) is 52.1 Å². The SMILES string of the molecule is CNC(=O)c1ccc(-n2c(NCc3ccccc3-c3ccccn3)nc3c(c2=O)C[C@@H](C)N(C(=O)c2ccc(Br)c(C(F)(F)F)c2)C3)c(Cl)c1. The highest BCUT2D eigenvalue weighted by molar-refractivity contribution is 9.10. The summed E-state index contributed by atoms with van der Waals surface area (Å²) in [6.07, 6.45) is -2.89. The molecule has 9 nitrogen and oxygen atoms in total. The average Bonchev–Trinajstić information content (AvgIpc) is 3.10. The highest BCUT2D eigenvalue weighted by Gasteiger charge is 2.36. The maximum absolute atomic E-state index is 14.3. The number of pyridine rings is 1. The summed E-state index contributed by atoms with van der Waals surface area (Å²) in [5, 5.41) is 5.95. The van der Waals surface area contributed by atoms with Crippen LogP contribution in [0.15, 0.2) is 94.3 Å². The molecule has 50 heavy (non-hydrogen) atoms. The number of rotatable bonds is 7. The van der Waals surface area contributed by atoms with Gasteiger partial charge in [-0.2, -0.15) is 13.2 Å². The highest BCUT2D eigenvalue weighted by Crippen LogP contribution is 2.36. The van der Waals surface area contributed by atoms with E-state index >= 15 is 0 Å².